The molecule has 1 unspecified atom stereocenters. The van der Waals surface area contributed by atoms with Crippen molar-refractivity contribution in [2.75, 3.05) is 51.8 Å². The molecule has 0 aliphatic heterocycles. The van der Waals surface area contributed by atoms with Gasteiger partial charge in [0.2, 0.25) is 0 Å². The van der Waals surface area contributed by atoms with Gasteiger partial charge in [-0.3, -0.25) is 4.79 Å². The average Bonchev–Trinajstić information content (AvgIpc) is 3.02. The van der Waals surface area contributed by atoms with Crippen LogP contribution in [0.5, 0.6) is 5.75 Å². The standard InChI is InChI=1S/C28H41Cl2N3O2/c1-6-11-22(3)31(4)18-10-21-35-24-16-14-23(15-17-24)32(5)19-20-33(7-2)28(34)25-12-8-9-13-26(29)27(25)30/h8-9,13-17,22H,6-7,10-12,18-21H2,1-5H3. The fourth-order valence-electron chi connectivity index (χ4n) is 3.98. The molecule has 1 aromatic rings. The number of ether oxygens (including phenoxy) is 1. The van der Waals surface area contributed by atoms with Crippen LogP contribution in [0, 0.1) is 0 Å². The molecule has 0 saturated carbocycles. The Balaban J connectivity index is 1.83. The number of rotatable bonds is 14. The Bertz CT molecular complexity index is 896. The second-order valence-electron chi connectivity index (χ2n) is 9.06. The molecule has 0 heterocycles. The second kappa shape index (κ2) is 15.2. The summed E-state index contributed by atoms with van der Waals surface area (Å²) in [5.41, 5.74) is 1.62. The molecule has 1 aliphatic rings. The van der Waals surface area contributed by atoms with Gasteiger partial charge in [0.25, 0.3) is 5.91 Å². The number of nitrogens with zero attached hydrogens (tertiary/aromatic N) is 3. The Morgan fingerprint density at radius 3 is 2.46 bits per heavy atom. The summed E-state index contributed by atoms with van der Waals surface area (Å²) >= 11 is 12.5. The first kappa shape index (κ1) is 29.3. The van der Waals surface area contributed by atoms with Crippen LogP contribution in [-0.2, 0) is 4.79 Å². The number of halogens is 2. The van der Waals surface area contributed by atoms with Crippen LogP contribution in [0.25, 0.3) is 0 Å². The molecule has 0 aromatic heterocycles. The number of amides is 1. The normalized spacial score (nSPS) is 14.6. The summed E-state index contributed by atoms with van der Waals surface area (Å²) in [6.45, 7) is 10.1. The molecular weight excluding hydrogens is 481 g/mol. The van der Waals surface area contributed by atoms with Crippen LogP contribution in [0.3, 0.4) is 0 Å². The number of carbonyl (C=O) groups is 1. The zero-order valence-corrected chi connectivity index (χ0v) is 23.4. The third kappa shape index (κ3) is 9.21. The van der Waals surface area contributed by atoms with Crippen LogP contribution < -0.4 is 9.64 Å². The number of carbonyl (C=O) groups excluding carboxylic acids is 1. The van der Waals surface area contributed by atoms with Crippen LogP contribution in [0.1, 0.15) is 46.5 Å². The van der Waals surface area contributed by atoms with Gasteiger partial charge in [0.1, 0.15) is 5.75 Å². The minimum absolute atomic E-state index is 0.0671. The Labute approximate surface area is 222 Å². The van der Waals surface area contributed by atoms with E-state index in [-0.39, 0.29) is 5.91 Å². The minimum Gasteiger partial charge on any atom is -0.494 e. The van der Waals surface area contributed by atoms with E-state index in [1.807, 2.05) is 43.2 Å². The van der Waals surface area contributed by atoms with Gasteiger partial charge in [-0.05, 0) is 70.5 Å². The van der Waals surface area contributed by atoms with Crippen molar-refractivity contribution < 1.29 is 9.53 Å². The molecule has 0 saturated heterocycles. The van der Waals surface area contributed by atoms with Crippen molar-refractivity contribution in [3.05, 3.63) is 58.1 Å². The summed E-state index contributed by atoms with van der Waals surface area (Å²) in [5.74, 6) is 0.812. The lowest BCUT2D eigenvalue weighted by Gasteiger charge is -2.27. The number of benzene rings is 1. The van der Waals surface area contributed by atoms with Gasteiger partial charge in [0, 0.05) is 50.5 Å². The van der Waals surface area contributed by atoms with Gasteiger partial charge >= 0.3 is 0 Å². The Kier molecular flexibility index (Phi) is 12.7. The molecule has 1 atom stereocenters. The van der Waals surface area contributed by atoms with E-state index in [4.69, 9.17) is 27.9 Å². The van der Waals surface area contributed by atoms with Crippen molar-refractivity contribution in [1.82, 2.24) is 9.80 Å². The van der Waals surface area contributed by atoms with Crippen LogP contribution >= 0.6 is 23.2 Å². The first-order valence-corrected chi connectivity index (χ1v) is 13.4. The van der Waals surface area contributed by atoms with Gasteiger partial charge in [-0.2, -0.15) is 0 Å². The number of allylic oxidation sites excluding steroid dienone is 5. The fourth-order valence-corrected chi connectivity index (χ4v) is 4.39. The van der Waals surface area contributed by atoms with Gasteiger partial charge < -0.3 is 19.4 Å². The first-order chi connectivity index (χ1) is 16.8. The average molecular weight is 523 g/mol. The van der Waals surface area contributed by atoms with E-state index in [0.717, 1.165) is 24.4 Å². The van der Waals surface area contributed by atoms with Gasteiger partial charge in [-0.25, -0.2) is 0 Å². The highest BCUT2D eigenvalue weighted by Gasteiger charge is 2.21. The fraction of sp³-hybridized carbons (Fsp3) is 0.536. The lowest BCUT2D eigenvalue weighted by molar-refractivity contribution is -0.126. The van der Waals surface area contributed by atoms with Gasteiger partial charge in [0.05, 0.1) is 16.7 Å². The van der Waals surface area contributed by atoms with Crippen molar-refractivity contribution in [2.24, 2.45) is 0 Å². The Morgan fingerprint density at radius 2 is 1.80 bits per heavy atom. The zero-order valence-electron chi connectivity index (χ0n) is 21.9. The number of hydrogen-bond donors (Lipinski definition) is 0. The third-order valence-electron chi connectivity index (χ3n) is 6.47. The van der Waals surface area contributed by atoms with Crippen molar-refractivity contribution in [3.8, 4) is 5.75 Å². The van der Waals surface area contributed by atoms with Gasteiger partial charge in [-0.15, -0.1) is 0 Å². The predicted molar refractivity (Wildman–Crippen MR) is 150 cm³/mol. The Morgan fingerprint density at radius 1 is 1.09 bits per heavy atom. The van der Waals surface area contributed by atoms with E-state index < -0.39 is 0 Å². The molecule has 7 heteroatoms. The molecular formula is C28H41Cl2N3O2. The van der Waals surface area contributed by atoms with Crippen molar-refractivity contribution in [3.63, 3.8) is 0 Å². The number of anilines is 1. The molecule has 1 aromatic carbocycles. The molecule has 1 aliphatic carbocycles. The molecule has 194 valence electrons. The molecule has 0 radical (unpaired) electrons. The SMILES string of the molecule is CCCC(C)N(C)CCCOc1ccc(N(C)CCN(CC)C(=O)C2=C(Cl)C(Cl)=CC=CC2)cc1. The summed E-state index contributed by atoms with van der Waals surface area (Å²) in [6, 6.07) is 8.75. The van der Waals surface area contributed by atoms with E-state index in [9.17, 15) is 4.79 Å². The molecule has 35 heavy (non-hydrogen) atoms. The van der Waals surface area contributed by atoms with Gasteiger partial charge in [-0.1, -0.05) is 48.7 Å². The summed E-state index contributed by atoms with van der Waals surface area (Å²) in [5, 5.41) is 0.739. The second-order valence-corrected chi connectivity index (χ2v) is 9.85. The predicted octanol–water partition coefficient (Wildman–Crippen LogP) is 6.44. The van der Waals surface area contributed by atoms with Crippen LogP contribution in [0.2, 0.25) is 0 Å². The molecule has 0 N–H and O–H groups in total. The van der Waals surface area contributed by atoms with Crippen LogP contribution in [0.15, 0.2) is 58.1 Å². The summed E-state index contributed by atoms with van der Waals surface area (Å²) in [7, 11) is 4.21. The topological polar surface area (TPSA) is 36.0 Å². The van der Waals surface area contributed by atoms with Gasteiger partial charge in [0.15, 0.2) is 0 Å². The largest absolute Gasteiger partial charge is 0.494 e. The molecule has 0 bridgehead atoms. The first-order valence-electron chi connectivity index (χ1n) is 12.6. The highest BCUT2D eigenvalue weighted by atomic mass is 35.5. The number of likely N-dealkylation sites (N-methyl/N-ethyl adjacent to an activating group) is 2. The number of hydrogen-bond acceptors (Lipinski definition) is 4. The lowest BCUT2D eigenvalue weighted by Crippen LogP contribution is -2.38. The maximum atomic E-state index is 13.1. The van der Waals surface area contributed by atoms with Crippen LogP contribution in [0.4, 0.5) is 5.69 Å². The zero-order chi connectivity index (χ0) is 25.8. The molecule has 0 spiro atoms. The highest BCUT2D eigenvalue weighted by molar-refractivity contribution is 6.45. The minimum atomic E-state index is -0.0671. The lowest BCUT2D eigenvalue weighted by atomic mass is 10.1. The molecule has 2 rings (SSSR count). The summed E-state index contributed by atoms with van der Waals surface area (Å²) < 4.78 is 5.94. The molecule has 5 nitrogen and oxygen atoms in total. The van der Waals surface area contributed by atoms with E-state index in [0.29, 0.717) is 54.3 Å². The van der Waals surface area contributed by atoms with Crippen molar-refractivity contribution >= 4 is 34.8 Å². The maximum absolute atomic E-state index is 13.1. The van der Waals surface area contributed by atoms with Crippen molar-refractivity contribution in [1.29, 1.82) is 0 Å². The Hall–Kier alpha value is -1.95. The van der Waals surface area contributed by atoms with E-state index >= 15 is 0 Å². The third-order valence-corrected chi connectivity index (χ3v) is 7.31. The molecule has 1 amide bonds. The van der Waals surface area contributed by atoms with E-state index in [1.54, 1.807) is 6.08 Å². The van der Waals surface area contributed by atoms with E-state index in [1.165, 1.54) is 12.8 Å². The smallest absolute Gasteiger partial charge is 0.251 e. The van der Waals surface area contributed by atoms with E-state index in [2.05, 4.69) is 42.8 Å². The highest BCUT2D eigenvalue weighted by Crippen LogP contribution is 2.28. The monoisotopic (exact) mass is 521 g/mol. The quantitative estimate of drug-likeness (QED) is 0.264. The summed E-state index contributed by atoms with van der Waals surface area (Å²) in [4.78, 5) is 19.4. The maximum Gasteiger partial charge on any atom is 0.251 e. The summed E-state index contributed by atoms with van der Waals surface area (Å²) in [6.07, 6.45) is 9.37. The van der Waals surface area contributed by atoms with Crippen molar-refractivity contribution in [2.45, 2.75) is 52.5 Å². The molecule has 0 fully saturated rings. The van der Waals surface area contributed by atoms with Crippen LogP contribution in [-0.4, -0.2) is 68.6 Å².